The Morgan fingerprint density at radius 3 is 2.56 bits per heavy atom. The van der Waals surface area contributed by atoms with E-state index in [1.807, 2.05) is 18.2 Å². The molecule has 1 heterocycles. The van der Waals surface area contributed by atoms with Crippen molar-refractivity contribution in [3.63, 3.8) is 0 Å². The van der Waals surface area contributed by atoms with Crippen LogP contribution in [0.2, 0.25) is 0 Å². The Bertz CT molecular complexity index is 749. The van der Waals surface area contributed by atoms with Gasteiger partial charge in [0.2, 0.25) is 0 Å². The molecule has 3 aromatic carbocycles. The van der Waals surface area contributed by atoms with E-state index in [0.717, 1.165) is 11.5 Å². The SMILES string of the molecule is c1ccc2c(c1)Oc1ccc3ccccc3c1S2. The van der Waals surface area contributed by atoms with Gasteiger partial charge < -0.3 is 4.74 Å². The predicted octanol–water partition coefficient (Wildman–Crippen LogP) is 5.10. The fraction of sp³-hybridized carbons (Fsp3) is 0. The van der Waals surface area contributed by atoms with Crippen LogP contribution in [0.4, 0.5) is 0 Å². The number of ether oxygens (including phenoxy) is 1. The molecule has 1 aliphatic heterocycles. The van der Waals surface area contributed by atoms with Gasteiger partial charge in [-0.1, -0.05) is 54.2 Å². The Balaban J connectivity index is 1.98. The summed E-state index contributed by atoms with van der Waals surface area (Å²) in [7, 11) is 0. The van der Waals surface area contributed by atoms with Crippen molar-refractivity contribution in [2.45, 2.75) is 9.79 Å². The van der Waals surface area contributed by atoms with E-state index in [1.165, 1.54) is 20.6 Å². The Kier molecular flexibility index (Phi) is 2.11. The van der Waals surface area contributed by atoms with E-state index in [9.17, 15) is 0 Å². The first-order chi connectivity index (χ1) is 8.92. The van der Waals surface area contributed by atoms with Gasteiger partial charge in [-0.2, -0.15) is 0 Å². The van der Waals surface area contributed by atoms with Crippen molar-refractivity contribution in [3.8, 4) is 11.5 Å². The summed E-state index contributed by atoms with van der Waals surface area (Å²) in [4.78, 5) is 2.40. The lowest BCUT2D eigenvalue weighted by atomic mass is 10.1. The van der Waals surface area contributed by atoms with Gasteiger partial charge in [-0.05, 0) is 29.0 Å². The molecule has 1 aliphatic rings. The van der Waals surface area contributed by atoms with Crippen LogP contribution in [0, 0.1) is 0 Å². The van der Waals surface area contributed by atoms with Crippen LogP contribution in [0.1, 0.15) is 0 Å². The normalized spacial score (nSPS) is 12.7. The maximum Gasteiger partial charge on any atom is 0.142 e. The highest BCUT2D eigenvalue weighted by Crippen LogP contribution is 2.49. The molecule has 0 amide bonds. The van der Waals surface area contributed by atoms with E-state index in [2.05, 4.69) is 42.5 Å². The van der Waals surface area contributed by atoms with Gasteiger partial charge in [-0.25, -0.2) is 0 Å². The van der Waals surface area contributed by atoms with Crippen molar-refractivity contribution in [2.75, 3.05) is 0 Å². The maximum absolute atomic E-state index is 5.96. The average molecular weight is 250 g/mol. The summed E-state index contributed by atoms with van der Waals surface area (Å²) in [5, 5.41) is 2.52. The molecule has 1 nitrogen and oxygen atoms in total. The molecule has 0 spiro atoms. The van der Waals surface area contributed by atoms with Crippen molar-refractivity contribution in [3.05, 3.63) is 60.7 Å². The van der Waals surface area contributed by atoms with Crippen LogP contribution in [0.5, 0.6) is 11.5 Å². The molecule has 0 fully saturated rings. The lowest BCUT2D eigenvalue weighted by molar-refractivity contribution is 0.456. The Hall–Kier alpha value is -1.93. The van der Waals surface area contributed by atoms with Crippen LogP contribution in [0.15, 0.2) is 70.5 Å². The lowest BCUT2D eigenvalue weighted by Gasteiger charge is -2.20. The molecule has 18 heavy (non-hydrogen) atoms. The van der Waals surface area contributed by atoms with E-state index in [4.69, 9.17) is 4.74 Å². The first-order valence-corrected chi connectivity index (χ1v) is 6.70. The summed E-state index contributed by atoms with van der Waals surface area (Å²) >= 11 is 1.79. The summed E-state index contributed by atoms with van der Waals surface area (Å²) in [6.07, 6.45) is 0. The molecule has 3 aromatic rings. The molecule has 4 rings (SSSR count). The van der Waals surface area contributed by atoms with Gasteiger partial charge in [-0.15, -0.1) is 0 Å². The van der Waals surface area contributed by atoms with Crippen molar-refractivity contribution in [2.24, 2.45) is 0 Å². The molecule has 0 bridgehead atoms. The first-order valence-electron chi connectivity index (χ1n) is 5.88. The molecule has 0 aliphatic carbocycles. The van der Waals surface area contributed by atoms with E-state index < -0.39 is 0 Å². The lowest BCUT2D eigenvalue weighted by Crippen LogP contribution is -1.95. The van der Waals surface area contributed by atoms with Crippen LogP contribution in [0.25, 0.3) is 10.8 Å². The zero-order chi connectivity index (χ0) is 11.9. The molecule has 2 heteroatoms. The number of hydrogen-bond donors (Lipinski definition) is 0. The van der Waals surface area contributed by atoms with Gasteiger partial charge in [0.15, 0.2) is 0 Å². The number of benzene rings is 3. The van der Waals surface area contributed by atoms with Crippen LogP contribution in [0.3, 0.4) is 0 Å². The third-order valence-corrected chi connectivity index (χ3v) is 4.31. The number of hydrogen-bond acceptors (Lipinski definition) is 2. The highest BCUT2D eigenvalue weighted by Gasteiger charge is 2.19. The van der Waals surface area contributed by atoms with Gasteiger partial charge in [0.1, 0.15) is 11.5 Å². The molecule has 0 saturated heterocycles. The minimum Gasteiger partial charge on any atom is -0.455 e. The van der Waals surface area contributed by atoms with Gasteiger partial charge in [-0.3, -0.25) is 0 Å². The molecule has 0 saturated carbocycles. The molecular formula is C16H10OS. The second-order valence-corrected chi connectivity index (χ2v) is 5.32. The summed E-state index contributed by atoms with van der Waals surface area (Å²) in [6, 6.07) is 20.8. The van der Waals surface area contributed by atoms with Crippen LogP contribution in [-0.4, -0.2) is 0 Å². The van der Waals surface area contributed by atoms with Crippen molar-refractivity contribution < 1.29 is 4.74 Å². The van der Waals surface area contributed by atoms with Crippen LogP contribution in [-0.2, 0) is 0 Å². The van der Waals surface area contributed by atoms with Crippen LogP contribution < -0.4 is 4.74 Å². The Morgan fingerprint density at radius 2 is 1.56 bits per heavy atom. The third kappa shape index (κ3) is 1.42. The average Bonchev–Trinajstić information content (AvgIpc) is 2.45. The molecule has 0 radical (unpaired) electrons. The van der Waals surface area contributed by atoms with Crippen LogP contribution >= 0.6 is 11.8 Å². The van der Waals surface area contributed by atoms with Crippen molar-refractivity contribution in [1.82, 2.24) is 0 Å². The summed E-state index contributed by atoms with van der Waals surface area (Å²) in [6.45, 7) is 0. The molecule has 86 valence electrons. The highest BCUT2D eigenvalue weighted by atomic mass is 32.2. The molecule has 0 aromatic heterocycles. The minimum atomic E-state index is 0.949. The Morgan fingerprint density at radius 1 is 0.722 bits per heavy atom. The molecular weight excluding hydrogens is 240 g/mol. The zero-order valence-corrected chi connectivity index (χ0v) is 10.4. The predicted molar refractivity (Wildman–Crippen MR) is 74.6 cm³/mol. The summed E-state index contributed by atoms with van der Waals surface area (Å²) in [5.41, 5.74) is 0. The standard InChI is InChI=1S/C16H10OS/c1-2-6-12-11(5-1)9-10-14-16(12)18-15-8-4-3-7-13(15)17-14/h1-10H. The number of fused-ring (bicyclic) bond motifs is 4. The van der Waals surface area contributed by atoms with Crippen molar-refractivity contribution in [1.29, 1.82) is 0 Å². The fourth-order valence-electron chi connectivity index (χ4n) is 2.26. The summed E-state index contributed by atoms with van der Waals surface area (Å²) < 4.78 is 5.96. The fourth-order valence-corrected chi connectivity index (χ4v) is 3.34. The second kappa shape index (κ2) is 3.79. The van der Waals surface area contributed by atoms with Gasteiger partial charge in [0.25, 0.3) is 0 Å². The van der Waals surface area contributed by atoms with Crippen molar-refractivity contribution >= 4 is 22.5 Å². The maximum atomic E-state index is 5.96. The van der Waals surface area contributed by atoms with Gasteiger partial charge >= 0.3 is 0 Å². The quantitative estimate of drug-likeness (QED) is 0.429. The topological polar surface area (TPSA) is 9.23 Å². The summed E-state index contributed by atoms with van der Waals surface area (Å²) in [5.74, 6) is 1.91. The number of rotatable bonds is 0. The zero-order valence-electron chi connectivity index (χ0n) is 9.59. The largest absolute Gasteiger partial charge is 0.455 e. The van der Waals surface area contributed by atoms with E-state index in [-0.39, 0.29) is 0 Å². The number of para-hydroxylation sites is 1. The first kappa shape index (κ1) is 10.0. The monoisotopic (exact) mass is 250 g/mol. The second-order valence-electron chi connectivity index (χ2n) is 4.26. The molecule has 0 unspecified atom stereocenters. The van der Waals surface area contributed by atoms with E-state index >= 15 is 0 Å². The minimum absolute atomic E-state index is 0.949. The van der Waals surface area contributed by atoms with Gasteiger partial charge in [0, 0.05) is 0 Å². The third-order valence-electron chi connectivity index (χ3n) is 3.12. The molecule has 0 atom stereocenters. The van der Waals surface area contributed by atoms with Gasteiger partial charge in [0.05, 0.1) is 9.79 Å². The van der Waals surface area contributed by atoms with E-state index in [0.29, 0.717) is 0 Å². The molecule has 0 N–H and O–H groups in total. The van der Waals surface area contributed by atoms with E-state index in [1.54, 1.807) is 11.8 Å². The smallest absolute Gasteiger partial charge is 0.142 e. The highest BCUT2D eigenvalue weighted by molar-refractivity contribution is 7.99. The Labute approximate surface area is 109 Å².